The summed E-state index contributed by atoms with van der Waals surface area (Å²) in [6, 6.07) is 5.95. The Balaban J connectivity index is 2.69. The number of hydrogen-bond acceptors (Lipinski definition) is 4. The third-order valence-electron chi connectivity index (χ3n) is 2.25. The second-order valence-corrected chi connectivity index (χ2v) is 4.39. The van der Waals surface area contributed by atoms with Crippen molar-refractivity contribution < 1.29 is 9.53 Å². The molecule has 1 heterocycles. The average molecular weight is 221 g/mol. The maximum absolute atomic E-state index is 11.4. The minimum absolute atomic E-state index is 0.369. The highest BCUT2D eigenvalue weighted by Gasteiger charge is 2.16. The van der Waals surface area contributed by atoms with E-state index in [1.54, 1.807) is 0 Å². The van der Waals surface area contributed by atoms with Gasteiger partial charge < -0.3 is 10.5 Å². The molecule has 0 aliphatic carbocycles. The summed E-state index contributed by atoms with van der Waals surface area (Å²) in [5.74, 6) is -0.369. The molecule has 0 aliphatic heterocycles. The molecule has 0 amide bonds. The number of carbonyl (C=O) groups excluding carboxylic acids is 1. The number of aryl methyl sites for hydroxylation is 1. The first-order valence-electron chi connectivity index (χ1n) is 4.50. The Kier molecular flexibility index (Phi) is 2.36. The molecule has 0 saturated heterocycles. The Bertz CT molecular complexity index is 531. The van der Waals surface area contributed by atoms with Crippen molar-refractivity contribution in [2.24, 2.45) is 0 Å². The summed E-state index contributed by atoms with van der Waals surface area (Å²) >= 11 is 1.37. The lowest BCUT2D eigenvalue weighted by Crippen LogP contribution is -2.01. The largest absolute Gasteiger partial charge is 0.465 e. The van der Waals surface area contributed by atoms with E-state index in [9.17, 15) is 4.79 Å². The standard InChI is InChI=1S/C11H11NO2S/c1-6-3-4-8-7(5-6)9(12)10(15-8)11(13)14-2/h3-5H,12H2,1-2H3. The summed E-state index contributed by atoms with van der Waals surface area (Å²) < 4.78 is 5.68. The van der Waals surface area contributed by atoms with Crippen LogP contribution in [0.4, 0.5) is 5.69 Å². The van der Waals surface area contributed by atoms with Crippen molar-refractivity contribution >= 4 is 33.1 Å². The fourth-order valence-electron chi connectivity index (χ4n) is 1.47. The van der Waals surface area contributed by atoms with Crippen LogP contribution in [-0.2, 0) is 4.74 Å². The minimum atomic E-state index is -0.369. The number of hydrogen-bond donors (Lipinski definition) is 1. The summed E-state index contributed by atoms with van der Waals surface area (Å²) in [7, 11) is 1.36. The highest BCUT2D eigenvalue weighted by Crippen LogP contribution is 2.34. The van der Waals surface area contributed by atoms with Gasteiger partial charge >= 0.3 is 5.97 Å². The Labute approximate surface area is 91.5 Å². The van der Waals surface area contributed by atoms with Gasteiger partial charge in [-0.3, -0.25) is 0 Å². The van der Waals surface area contributed by atoms with Crippen LogP contribution in [0.5, 0.6) is 0 Å². The first-order valence-corrected chi connectivity index (χ1v) is 5.32. The molecule has 0 atom stereocenters. The number of fused-ring (bicyclic) bond motifs is 1. The van der Waals surface area contributed by atoms with Gasteiger partial charge in [0.25, 0.3) is 0 Å². The Morgan fingerprint density at radius 1 is 1.47 bits per heavy atom. The second kappa shape index (κ2) is 3.55. The Morgan fingerprint density at radius 2 is 2.20 bits per heavy atom. The van der Waals surface area contributed by atoms with Gasteiger partial charge in [0.15, 0.2) is 0 Å². The van der Waals surface area contributed by atoms with Crippen molar-refractivity contribution in [1.29, 1.82) is 0 Å². The monoisotopic (exact) mass is 221 g/mol. The van der Waals surface area contributed by atoms with Gasteiger partial charge in [-0.25, -0.2) is 4.79 Å². The topological polar surface area (TPSA) is 52.3 Å². The van der Waals surface area contributed by atoms with Crippen LogP contribution in [0.2, 0.25) is 0 Å². The van der Waals surface area contributed by atoms with E-state index in [1.165, 1.54) is 18.4 Å². The van der Waals surface area contributed by atoms with E-state index in [1.807, 2.05) is 25.1 Å². The number of anilines is 1. The van der Waals surface area contributed by atoms with Crippen LogP contribution in [0.3, 0.4) is 0 Å². The maximum atomic E-state index is 11.4. The summed E-state index contributed by atoms with van der Waals surface area (Å²) in [6.07, 6.45) is 0. The number of rotatable bonds is 1. The van der Waals surface area contributed by atoms with E-state index in [2.05, 4.69) is 4.74 Å². The van der Waals surface area contributed by atoms with E-state index in [-0.39, 0.29) is 5.97 Å². The third kappa shape index (κ3) is 1.57. The van der Waals surface area contributed by atoms with Gasteiger partial charge in [-0.15, -0.1) is 11.3 Å². The molecule has 1 aromatic heterocycles. The smallest absolute Gasteiger partial charge is 0.350 e. The number of methoxy groups -OCH3 is 1. The van der Waals surface area contributed by atoms with Crippen LogP contribution in [0.15, 0.2) is 18.2 Å². The highest BCUT2D eigenvalue weighted by molar-refractivity contribution is 7.21. The molecule has 0 spiro atoms. The van der Waals surface area contributed by atoms with Crippen molar-refractivity contribution in [3.8, 4) is 0 Å². The molecule has 1 aromatic carbocycles. The van der Waals surface area contributed by atoms with Crippen LogP contribution < -0.4 is 5.73 Å². The van der Waals surface area contributed by atoms with Gasteiger partial charge in [-0.05, 0) is 19.1 Å². The van der Waals surface area contributed by atoms with Crippen molar-refractivity contribution in [3.05, 3.63) is 28.6 Å². The molecule has 4 heteroatoms. The van der Waals surface area contributed by atoms with Crippen LogP contribution in [0.25, 0.3) is 10.1 Å². The van der Waals surface area contributed by atoms with Gasteiger partial charge in [0.1, 0.15) is 4.88 Å². The van der Waals surface area contributed by atoms with E-state index in [4.69, 9.17) is 5.73 Å². The van der Waals surface area contributed by atoms with Crippen LogP contribution >= 0.6 is 11.3 Å². The predicted octanol–water partition coefficient (Wildman–Crippen LogP) is 2.58. The minimum Gasteiger partial charge on any atom is -0.465 e. The lowest BCUT2D eigenvalue weighted by Gasteiger charge is -1.96. The summed E-state index contributed by atoms with van der Waals surface area (Å²) in [5.41, 5.74) is 7.54. The van der Waals surface area contributed by atoms with E-state index in [0.29, 0.717) is 10.6 Å². The first-order chi connectivity index (χ1) is 7.13. The molecule has 0 aliphatic rings. The quantitative estimate of drug-likeness (QED) is 0.753. The molecule has 0 unspecified atom stereocenters. The summed E-state index contributed by atoms with van der Waals surface area (Å²) in [4.78, 5) is 11.9. The number of ether oxygens (including phenoxy) is 1. The molecule has 2 aromatic rings. The van der Waals surface area contributed by atoms with E-state index >= 15 is 0 Å². The number of nitrogens with two attached hydrogens (primary N) is 1. The van der Waals surface area contributed by atoms with Gasteiger partial charge in [0.05, 0.1) is 12.8 Å². The zero-order valence-electron chi connectivity index (χ0n) is 8.53. The zero-order chi connectivity index (χ0) is 11.0. The van der Waals surface area contributed by atoms with Gasteiger partial charge in [0.2, 0.25) is 0 Å². The van der Waals surface area contributed by atoms with Crippen molar-refractivity contribution in [2.45, 2.75) is 6.92 Å². The molecule has 3 nitrogen and oxygen atoms in total. The molecule has 15 heavy (non-hydrogen) atoms. The van der Waals surface area contributed by atoms with Crippen LogP contribution in [-0.4, -0.2) is 13.1 Å². The van der Waals surface area contributed by atoms with Crippen molar-refractivity contribution in [1.82, 2.24) is 0 Å². The fraction of sp³-hybridized carbons (Fsp3) is 0.182. The lowest BCUT2D eigenvalue weighted by molar-refractivity contribution is 0.0607. The first kappa shape index (κ1) is 9.98. The molecular weight excluding hydrogens is 210 g/mol. The van der Waals surface area contributed by atoms with E-state index in [0.717, 1.165) is 15.6 Å². The number of carbonyl (C=O) groups is 1. The molecule has 0 radical (unpaired) electrons. The van der Waals surface area contributed by atoms with Crippen molar-refractivity contribution in [2.75, 3.05) is 12.8 Å². The molecule has 2 rings (SSSR count). The fourth-order valence-corrected chi connectivity index (χ4v) is 2.50. The Hall–Kier alpha value is -1.55. The zero-order valence-corrected chi connectivity index (χ0v) is 9.35. The maximum Gasteiger partial charge on any atom is 0.350 e. The van der Waals surface area contributed by atoms with Gasteiger partial charge in [-0.1, -0.05) is 11.6 Å². The predicted molar refractivity (Wildman–Crippen MR) is 62.3 cm³/mol. The molecular formula is C11H11NO2S. The normalized spacial score (nSPS) is 10.5. The highest BCUT2D eigenvalue weighted by atomic mass is 32.1. The molecule has 78 valence electrons. The van der Waals surface area contributed by atoms with Gasteiger partial charge in [-0.2, -0.15) is 0 Å². The summed E-state index contributed by atoms with van der Waals surface area (Å²) in [5, 5.41) is 0.931. The summed E-state index contributed by atoms with van der Waals surface area (Å²) in [6.45, 7) is 1.99. The van der Waals surface area contributed by atoms with E-state index < -0.39 is 0 Å². The molecule has 0 bridgehead atoms. The van der Waals surface area contributed by atoms with Crippen molar-refractivity contribution in [3.63, 3.8) is 0 Å². The second-order valence-electron chi connectivity index (χ2n) is 3.34. The molecule has 2 N–H and O–H groups in total. The lowest BCUT2D eigenvalue weighted by atomic mass is 10.1. The number of esters is 1. The van der Waals surface area contributed by atoms with Gasteiger partial charge in [0, 0.05) is 10.1 Å². The number of thiophene rings is 1. The number of nitrogen functional groups attached to an aromatic ring is 1. The van der Waals surface area contributed by atoms with Crippen LogP contribution in [0, 0.1) is 6.92 Å². The average Bonchev–Trinajstić information content (AvgIpc) is 2.55. The van der Waals surface area contributed by atoms with Crippen LogP contribution in [0.1, 0.15) is 15.2 Å². The SMILES string of the molecule is COC(=O)c1sc2ccc(C)cc2c1N. The number of benzene rings is 1. The molecule has 0 saturated carbocycles. The third-order valence-corrected chi connectivity index (χ3v) is 3.42. The molecule has 0 fully saturated rings. The Morgan fingerprint density at radius 3 is 2.87 bits per heavy atom.